The Bertz CT molecular complexity index is 773. The van der Waals surface area contributed by atoms with Crippen LogP contribution in [0.3, 0.4) is 0 Å². The molecular formula is C19H25N5. The van der Waals surface area contributed by atoms with Crippen LogP contribution in [0, 0.1) is 0 Å². The third kappa shape index (κ3) is 3.31. The lowest BCUT2D eigenvalue weighted by Gasteiger charge is -2.28. The molecule has 1 aliphatic heterocycles. The number of H-pyrrole nitrogens is 1. The number of rotatable bonds is 2. The zero-order chi connectivity index (χ0) is 16.9. The van der Waals surface area contributed by atoms with E-state index < -0.39 is 0 Å². The van der Waals surface area contributed by atoms with Gasteiger partial charge in [0.25, 0.3) is 0 Å². The fourth-order valence-electron chi connectivity index (χ4n) is 3.24. The van der Waals surface area contributed by atoms with Gasteiger partial charge in [-0.2, -0.15) is 5.10 Å². The number of aromatic nitrogens is 4. The largest absolute Gasteiger partial charge is 0.296 e. The lowest BCUT2D eigenvalue weighted by atomic mass is 10.1. The molecule has 0 amide bonds. The summed E-state index contributed by atoms with van der Waals surface area (Å²) in [5.74, 6) is 0. The van der Waals surface area contributed by atoms with Crippen LogP contribution in [0.5, 0.6) is 0 Å². The van der Waals surface area contributed by atoms with Crippen molar-refractivity contribution < 1.29 is 0 Å². The van der Waals surface area contributed by atoms with Crippen LogP contribution in [0.15, 0.2) is 36.8 Å². The molecule has 0 fully saturated rings. The van der Waals surface area contributed by atoms with Gasteiger partial charge in [-0.15, -0.1) is 0 Å². The number of fused-ring (bicyclic) bond motifs is 2. The molecule has 0 saturated carbocycles. The van der Waals surface area contributed by atoms with Gasteiger partial charge in [-0.25, -0.2) is 0 Å². The molecule has 1 atom stereocenters. The maximum Gasteiger partial charge on any atom is 0.0890 e. The lowest BCUT2D eigenvalue weighted by molar-refractivity contribution is 0.220. The average Bonchev–Trinajstić information content (AvgIpc) is 3.01. The van der Waals surface area contributed by atoms with Crippen LogP contribution in [0.2, 0.25) is 0 Å². The molecule has 24 heavy (non-hydrogen) atoms. The van der Waals surface area contributed by atoms with Gasteiger partial charge in [0, 0.05) is 43.6 Å². The minimum atomic E-state index is 0.378. The predicted octanol–water partition coefficient (Wildman–Crippen LogP) is 3.54. The summed E-state index contributed by atoms with van der Waals surface area (Å²) >= 11 is 0. The summed E-state index contributed by atoms with van der Waals surface area (Å²) in [6, 6.07) is 6.79. The molecule has 1 unspecified atom stereocenters. The van der Waals surface area contributed by atoms with E-state index in [2.05, 4.69) is 50.2 Å². The maximum absolute atomic E-state index is 4.42. The molecule has 0 saturated heterocycles. The Hall–Kier alpha value is -2.27. The van der Waals surface area contributed by atoms with E-state index in [1.54, 1.807) is 12.4 Å². The second-order valence-electron chi connectivity index (χ2n) is 5.89. The van der Waals surface area contributed by atoms with Gasteiger partial charge in [0.15, 0.2) is 0 Å². The second-order valence-corrected chi connectivity index (χ2v) is 5.89. The Kier molecular flexibility index (Phi) is 5.20. The van der Waals surface area contributed by atoms with Gasteiger partial charge in [-0.05, 0) is 36.6 Å². The SMILES string of the molecule is CC.CC(c1ccc2nccnc2c1)N1CCc2cn[nH]c2CC1. The van der Waals surface area contributed by atoms with Crippen molar-refractivity contribution in [2.75, 3.05) is 13.1 Å². The van der Waals surface area contributed by atoms with Gasteiger partial charge in [0.2, 0.25) is 0 Å². The van der Waals surface area contributed by atoms with Crippen molar-refractivity contribution in [1.82, 2.24) is 25.1 Å². The summed E-state index contributed by atoms with van der Waals surface area (Å²) in [4.78, 5) is 11.3. The van der Waals surface area contributed by atoms with Crippen LogP contribution in [-0.2, 0) is 12.8 Å². The molecule has 126 valence electrons. The molecule has 1 N–H and O–H groups in total. The van der Waals surface area contributed by atoms with Crippen molar-refractivity contribution in [2.45, 2.75) is 39.7 Å². The van der Waals surface area contributed by atoms with Crippen LogP contribution < -0.4 is 0 Å². The zero-order valence-corrected chi connectivity index (χ0v) is 14.7. The first-order valence-corrected chi connectivity index (χ1v) is 8.77. The minimum absolute atomic E-state index is 0.378. The minimum Gasteiger partial charge on any atom is -0.296 e. The van der Waals surface area contributed by atoms with Gasteiger partial charge in [0.05, 0.1) is 17.2 Å². The van der Waals surface area contributed by atoms with Crippen LogP contribution in [-0.4, -0.2) is 38.2 Å². The number of nitrogens with one attached hydrogen (secondary N) is 1. The fourth-order valence-corrected chi connectivity index (χ4v) is 3.24. The number of aromatic amines is 1. The average molecular weight is 323 g/mol. The molecule has 3 heterocycles. The Labute approximate surface area is 143 Å². The van der Waals surface area contributed by atoms with Gasteiger partial charge in [-0.1, -0.05) is 19.9 Å². The Morgan fingerprint density at radius 3 is 2.62 bits per heavy atom. The maximum atomic E-state index is 4.42. The van der Waals surface area contributed by atoms with Crippen molar-refractivity contribution in [3.8, 4) is 0 Å². The van der Waals surface area contributed by atoms with Gasteiger partial charge < -0.3 is 0 Å². The van der Waals surface area contributed by atoms with Crippen LogP contribution in [0.1, 0.15) is 43.6 Å². The van der Waals surface area contributed by atoms with E-state index in [0.29, 0.717) is 6.04 Å². The van der Waals surface area contributed by atoms with Gasteiger partial charge >= 0.3 is 0 Å². The molecule has 1 aromatic carbocycles. The number of nitrogens with zero attached hydrogens (tertiary/aromatic N) is 4. The molecule has 0 spiro atoms. The second kappa shape index (κ2) is 7.53. The highest BCUT2D eigenvalue weighted by molar-refractivity contribution is 5.74. The molecule has 5 heteroatoms. The topological polar surface area (TPSA) is 57.7 Å². The van der Waals surface area contributed by atoms with Gasteiger partial charge in [0.1, 0.15) is 0 Å². The first-order valence-electron chi connectivity index (χ1n) is 8.77. The highest BCUT2D eigenvalue weighted by Gasteiger charge is 2.20. The monoisotopic (exact) mass is 323 g/mol. The Balaban J connectivity index is 0.000000815. The number of hydrogen-bond acceptors (Lipinski definition) is 4. The Morgan fingerprint density at radius 2 is 1.79 bits per heavy atom. The van der Waals surface area contributed by atoms with Crippen molar-refractivity contribution in [3.63, 3.8) is 0 Å². The van der Waals surface area contributed by atoms with E-state index in [1.165, 1.54) is 16.8 Å². The quantitative estimate of drug-likeness (QED) is 0.783. The van der Waals surface area contributed by atoms with E-state index in [1.807, 2.05) is 20.0 Å². The van der Waals surface area contributed by atoms with Crippen molar-refractivity contribution in [2.24, 2.45) is 0 Å². The molecule has 2 aromatic heterocycles. The number of hydrogen-bond donors (Lipinski definition) is 1. The molecule has 4 rings (SSSR count). The molecule has 3 aromatic rings. The third-order valence-electron chi connectivity index (χ3n) is 4.65. The molecule has 0 radical (unpaired) electrons. The van der Waals surface area contributed by atoms with Gasteiger partial charge in [-0.3, -0.25) is 20.0 Å². The highest BCUT2D eigenvalue weighted by Crippen LogP contribution is 2.25. The smallest absolute Gasteiger partial charge is 0.0890 e. The highest BCUT2D eigenvalue weighted by atomic mass is 15.2. The summed E-state index contributed by atoms with van der Waals surface area (Å²) in [6.07, 6.45) is 7.55. The summed E-state index contributed by atoms with van der Waals surface area (Å²) in [7, 11) is 0. The first kappa shape index (κ1) is 16.6. The third-order valence-corrected chi connectivity index (χ3v) is 4.65. The van der Waals surface area contributed by atoms with E-state index in [4.69, 9.17) is 0 Å². The summed E-state index contributed by atoms with van der Waals surface area (Å²) < 4.78 is 0. The summed E-state index contributed by atoms with van der Waals surface area (Å²) in [6.45, 7) is 8.39. The zero-order valence-electron chi connectivity index (χ0n) is 14.7. The van der Waals surface area contributed by atoms with Crippen LogP contribution in [0.25, 0.3) is 11.0 Å². The lowest BCUT2D eigenvalue weighted by Crippen LogP contribution is -2.29. The molecule has 0 aliphatic carbocycles. The van der Waals surface area contributed by atoms with Crippen LogP contribution in [0.4, 0.5) is 0 Å². The van der Waals surface area contributed by atoms with Crippen molar-refractivity contribution >= 4 is 11.0 Å². The van der Waals surface area contributed by atoms with E-state index in [0.717, 1.165) is 37.0 Å². The fraction of sp³-hybridized carbons (Fsp3) is 0.421. The van der Waals surface area contributed by atoms with E-state index >= 15 is 0 Å². The normalized spacial score (nSPS) is 16.0. The molecule has 0 bridgehead atoms. The van der Waals surface area contributed by atoms with E-state index in [9.17, 15) is 0 Å². The Morgan fingerprint density at radius 1 is 1.04 bits per heavy atom. The first-order chi connectivity index (χ1) is 11.8. The predicted molar refractivity (Wildman–Crippen MR) is 96.9 cm³/mol. The van der Waals surface area contributed by atoms with Crippen molar-refractivity contribution in [1.29, 1.82) is 0 Å². The number of benzene rings is 1. The van der Waals surface area contributed by atoms with Crippen molar-refractivity contribution in [3.05, 3.63) is 53.6 Å². The molecule has 1 aliphatic rings. The van der Waals surface area contributed by atoms with Crippen LogP contribution >= 0.6 is 0 Å². The molecule has 5 nitrogen and oxygen atoms in total. The summed E-state index contributed by atoms with van der Waals surface area (Å²) in [5, 5.41) is 7.28. The summed E-state index contributed by atoms with van der Waals surface area (Å²) in [5.41, 5.74) is 5.88. The molecular weight excluding hydrogens is 298 g/mol. The van der Waals surface area contributed by atoms with E-state index in [-0.39, 0.29) is 0 Å². The standard InChI is InChI=1S/C17H19N5.C2H6/c1-12(13-2-3-16-17(10-13)19-7-6-18-16)22-8-4-14-11-20-21-15(14)5-9-22;1-2/h2-3,6-7,10-12H,4-5,8-9H2,1H3,(H,20,21);1-2H3.